The minimum atomic E-state index is -0.601. The van der Waals surface area contributed by atoms with Crippen molar-refractivity contribution in [3.05, 3.63) is 48.6 Å². The van der Waals surface area contributed by atoms with Gasteiger partial charge in [0.2, 0.25) is 0 Å². The Balaban J connectivity index is 2.98. The van der Waals surface area contributed by atoms with Crippen LogP contribution in [0.15, 0.2) is 42.4 Å². The highest BCUT2D eigenvalue weighted by Crippen LogP contribution is 2.19. The molecule has 0 aliphatic carbocycles. The summed E-state index contributed by atoms with van der Waals surface area (Å²) in [6, 6.07) is 1.40. The molecule has 1 aromatic rings. The summed E-state index contributed by atoms with van der Waals surface area (Å²) in [4.78, 5) is 19.6. The lowest BCUT2D eigenvalue weighted by Crippen LogP contribution is -2.26. The number of aliphatic imine (C=N–C) groups is 1. The van der Waals surface area contributed by atoms with Crippen LogP contribution in [-0.4, -0.2) is 38.9 Å². The van der Waals surface area contributed by atoms with Gasteiger partial charge in [0.1, 0.15) is 16.6 Å². The third-order valence-corrected chi connectivity index (χ3v) is 2.91. The van der Waals surface area contributed by atoms with E-state index in [0.717, 1.165) is 0 Å². The molecule has 3 N–H and O–H groups in total. The zero-order chi connectivity index (χ0) is 15.1. The summed E-state index contributed by atoms with van der Waals surface area (Å²) in [5, 5.41) is 21.7. The topological polar surface area (TPSA) is 94.8 Å². The Bertz CT molecular complexity index is 570. The minimum Gasteiger partial charge on any atom is -0.511 e. The number of hydrogen-bond donors (Lipinski definition) is 3. The minimum absolute atomic E-state index is 0.101. The first-order valence-corrected chi connectivity index (χ1v) is 6.79. The zero-order valence-electron chi connectivity index (χ0n) is 11.0. The van der Waals surface area contributed by atoms with Crippen LogP contribution in [0.4, 0.5) is 0 Å². The third-order valence-electron chi connectivity index (χ3n) is 2.18. The molecule has 0 aliphatic rings. The second-order valence-corrected chi connectivity index (χ2v) is 4.46. The lowest BCUT2D eigenvalue weighted by Gasteiger charge is -2.07. The third kappa shape index (κ3) is 4.13. The van der Waals surface area contributed by atoms with Crippen molar-refractivity contribution in [2.24, 2.45) is 4.99 Å². The number of aromatic hydroxyl groups is 1. The van der Waals surface area contributed by atoms with Gasteiger partial charge in [-0.25, -0.2) is 9.98 Å². The molecular formula is C13H15N3O3S. The van der Waals surface area contributed by atoms with Crippen LogP contribution in [0.25, 0.3) is 0 Å². The predicted molar refractivity (Wildman–Crippen MR) is 80.3 cm³/mol. The summed E-state index contributed by atoms with van der Waals surface area (Å²) in [5.41, 5.74) is 0.451. The molecule has 1 aromatic heterocycles. The zero-order valence-corrected chi connectivity index (χ0v) is 11.8. The van der Waals surface area contributed by atoms with E-state index in [9.17, 15) is 9.90 Å². The first-order valence-electron chi connectivity index (χ1n) is 5.56. The van der Waals surface area contributed by atoms with Gasteiger partial charge < -0.3 is 15.5 Å². The first kappa shape index (κ1) is 15.8. The Morgan fingerprint density at radius 3 is 2.85 bits per heavy atom. The number of carbonyl (C=O) groups is 1. The number of aromatic nitrogens is 1. The molecule has 0 radical (unpaired) electrons. The fraction of sp³-hybridized carbons (Fsp3) is 0.154. The van der Waals surface area contributed by atoms with Crippen molar-refractivity contribution in [3.8, 4) is 5.75 Å². The average molecular weight is 293 g/mol. The number of aliphatic hydroxyl groups is 1. The van der Waals surface area contributed by atoms with Crippen LogP contribution in [-0.2, 0) is 0 Å². The highest BCUT2D eigenvalue weighted by Gasteiger charge is 2.14. The molecular weight excluding hydrogens is 278 g/mol. The maximum atomic E-state index is 11.7. The van der Waals surface area contributed by atoms with E-state index in [1.54, 1.807) is 0 Å². The normalized spacial score (nSPS) is 10.9. The van der Waals surface area contributed by atoms with Gasteiger partial charge in [0.05, 0.1) is 6.54 Å². The van der Waals surface area contributed by atoms with Gasteiger partial charge >= 0.3 is 0 Å². The molecule has 0 saturated carbocycles. The van der Waals surface area contributed by atoms with Crippen LogP contribution in [0, 0.1) is 0 Å². The van der Waals surface area contributed by atoms with Crippen molar-refractivity contribution in [1.82, 2.24) is 10.3 Å². The van der Waals surface area contributed by atoms with E-state index in [2.05, 4.69) is 28.5 Å². The van der Waals surface area contributed by atoms with Gasteiger partial charge in [-0.05, 0) is 12.3 Å². The molecule has 7 heteroatoms. The van der Waals surface area contributed by atoms with Crippen LogP contribution < -0.4 is 5.32 Å². The van der Waals surface area contributed by atoms with E-state index < -0.39 is 5.91 Å². The van der Waals surface area contributed by atoms with Crippen LogP contribution in [0.2, 0.25) is 0 Å². The van der Waals surface area contributed by atoms with Crippen molar-refractivity contribution >= 4 is 22.7 Å². The summed E-state index contributed by atoms with van der Waals surface area (Å²) in [7, 11) is 0. The van der Waals surface area contributed by atoms with Gasteiger partial charge in [0, 0.05) is 18.0 Å². The van der Waals surface area contributed by atoms with Gasteiger partial charge in [0.25, 0.3) is 5.91 Å². The SMILES string of the molecule is C=CN=C(SC)c1cnc(C(=O)NCC(=C)O)c(O)c1. The molecule has 1 heterocycles. The molecule has 1 amide bonds. The van der Waals surface area contributed by atoms with E-state index in [1.165, 1.54) is 30.2 Å². The van der Waals surface area contributed by atoms with E-state index in [0.29, 0.717) is 10.6 Å². The Kier molecular flexibility index (Phi) is 5.79. The van der Waals surface area contributed by atoms with E-state index in [1.807, 2.05) is 6.26 Å². The van der Waals surface area contributed by atoms with Crippen molar-refractivity contribution in [2.45, 2.75) is 0 Å². The monoisotopic (exact) mass is 293 g/mol. The summed E-state index contributed by atoms with van der Waals surface area (Å²) in [5.74, 6) is -1.05. The van der Waals surface area contributed by atoms with E-state index in [-0.39, 0.29) is 23.7 Å². The lowest BCUT2D eigenvalue weighted by molar-refractivity contribution is 0.0944. The van der Waals surface area contributed by atoms with Crippen LogP contribution in [0.5, 0.6) is 5.75 Å². The number of amides is 1. The highest BCUT2D eigenvalue weighted by atomic mass is 32.2. The molecule has 0 aliphatic heterocycles. The number of carbonyl (C=O) groups excluding carboxylic acids is 1. The summed E-state index contributed by atoms with van der Waals surface area (Å²) in [6.45, 7) is 6.64. The van der Waals surface area contributed by atoms with Crippen molar-refractivity contribution < 1.29 is 15.0 Å². The quantitative estimate of drug-likeness (QED) is 0.437. The summed E-state index contributed by atoms with van der Waals surface area (Å²) < 4.78 is 0. The van der Waals surface area contributed by atoms with Crippen molar-refractivity contribution in [3.63, 3.8) is 0 Å². The van der Waals surface area contributed by atoms with Gasteiger partial charge in [-0.15, -0.1) is 11.8 Å². The van der Waals surface area contributed by atoms with Crippen molar-refractivity contribution in [1.29, 1.82) is 0 Å². The Hall–Kier alpha value is -2.28. The molecule has 0 spiro atoms. The molecule has 0 unspecified atom stereocenters. The van der Waals surface area contributed by atoms with Crippen LogP contribution in [0.3, 0.4) is 0 Å². The first-order chi connectivity index (χ1) is 9.49. The van der Waals surface area contributed by atoms with Crippen LogP contribution in [0.1, 0.15) is 16.1 Å². The van der Waals surface area contributed by atoms with Crippen LogP contribution >= 0.6 is 11.8 Å². The molecule has 0 fully saturated rings. The van der Waals surface area contributed by atoms with Crippen molar-refractivity contribution in [2.75, 3.05) is 12.8 Å². The number of aliphatic hydroxyl groups excluding tert-OH is 1. The molecule has 6 nitrogen and oxygen atoms in total. The molecule has 0 aromatic carbocycles. The largest absolute Gasteiger partial charge is 0.511 e. The number of pyridine rings is 1. The number of thioether (sulfide) groups is 1. The summed E-state index contributed by atoms with van der Waals surface area (Å²) in [6.07, 6.45) is 4.64. The van der Waals surface area contributed by atoms with E-state index >= 15 is 0 Å². The highest BCUT2D eigenvalue weighted by molar-refractivity contribution is 8.13. The Morgan fingerprint density at radius 2 is 2.35 bits per heavy atom. The fourth-order valence-electron chi connectivity index (χ4n) is 1.34. The molecule has 0 bridgehead atoms. The maximum absolute atomic E-state index is 11.7. The number of hydrogen-bond acceptors (Lipinski definition) is 6. The standard InChI is InChI=1S/C13H15N3O3S/c1-4-14-13(20-3)9-5-10(18)11(15-7-9)12(19)16-6-8(2)17/h4-5,7,17-18H,1-2,6H2,3H3,(H,16,19). The maximum Gasteiger partial charge on any atom is 0.274 e. The molecule has 20 heavy (non-hydrogen) atoms. The second kappa shape index (κ2) is 7.34. The molecule has 106 valence electrons. The molecule has 0 saturated heterocycles. The Labute approximate surface area is 121 Å². The average Bonchev–Trinajstić information content (AvgIpc) is 2.42. The predicted octanol–water partition coefficient (Wildman–Crippen LogP) is 1.84. The van der Waals surface area contributed by atoms with Gasteiger partial charge in [0.15, 0.2) is 5.69 Å². The second-order valence-electron chi connectivity index (χ2n) is 3.66. The number of nitrogens with zero attached hydrogens (tertiary/aromatic N) is 2. The van der Waals surface area contributed by atoms with E-state index in [4.69, 9.17) is 5.11 Å². The smallest absolute Gasteiger partial charge is 0.274 e. The molecule has 1 rings (SSSR count). The summed E-state index contributed by atoms with van der Waals surface area (Å²) >= 11 is 1.37. The number of nitrogens with one attached hydrogen (secondary N) is 1. The Morgan fingerprint density at radius 1 is 1.65 bits per heavy atom. The molecule has 0 atom stereocenters. The van der Waals surface area contributed by atoms with Gasteiger partial charge in [-0.1, -0.05) is 13.2 Å². The van der Waals surface area contributed by atoms with Gasteiger partial charge in [-0.3, -0.25) is 4.79 Å². The fourth-order valence-corrected chi connectivity index (χ4v) is 1.87. The van der Waals surface area contributed by atoms with Gasteiger partial charge in [-0.2, -0.15) is 0 Å². The number of rotatable bonds is 5. The lowest BCUT2D eigenvalue weighted by atomic mass is 10.2.